The maximum Gasteiger partial charge on any atom is 0.341 e. The highest BCUT2D eigenvalue weighted by Crippen LogP contribution is 2.39. The normalized spacial score (nSPS) is 15.7. The van der Waals surface area contributed by atoms with Crippen molar-refractivity contribution < 1.29 is 19.2 Å². The van der Waals surface area contributed by atoms with Crippen LogP contribution in [0.2, 0.25) is 0 Å². The molecule has 1 aromatic heterocycles. The van der Waals surface area contributed by atoms with Gasteiger partial charge in [-0.05, 0) is 63.5 Å². The molecule has 32 heavy (non-hydrogen) atoms. The van der Waals surface area contributed by atoms with Gasteiger partial charge in [0, 0.05) is 30.1 Å². The standard InChI is InChI=1S/C23H27N3O5S/c1-2-31-23(28)20-16-8-4-5-9-19(16)32-22(20)24-21(27)17-14-15(26(29)30)10-11-18(17)25-12-6-3-7-13-25/h10-11,14H,2-9,12-13H2,1H3,(H,24,27). The molecule has 0 saturated carbocycles. The van der Waals surface area contributed by atoms with E-state index in [1.165, 1.54) is 23.5 Å². The maximum atomic E-state index is 13.4. The number of anilines is 2. The van der Waals surface area contributed by atoms with E-state index in [4.69, 9.17) is 4.74 Å². The van der Waals surface area contributed by atoms with Gasteiger partial charge in [0.25, 0.3) is 11.6 Å². The largest absolute Gasteiger partial charge is 0.462 e. The van der Waals surface area contributed by atoms with Gasteiger partial charge >= 0.3 is 5.97 Å². The number of piperidine rings is 1. The molecular formula is C23H27N3O5S. The van der Waals surface area contributed by atoms with Gasteiger partial charge in [0.1, 0.15) is 5.00 Å². The van der Waals surface area contributed by atoms with Crippen molar-refractivity contribution in [2.45, 2.75) is 51.9 Å². The molecule has 8 nitrogen and oxygen atoms in total. The molecule has 1 amide bonds. The van der Waals surface area contributed by atoms with E-state index in [0.29, 0.717) is 16.3 Å². The topological polar surface area (TPSA) is 102 Å². The van der Waals surface area contributed by atoms with Gasteiger partial charge in [-0.15, -0.1) is 11.3 Å². The van der Waals surface area contributed by atoms with Crippen molar-refractivity contribution >= 4 is 39.6 Å². The van der Waals surface area contributed by atoms with E-state index in [0.717, 1.165) is 68.5 Å². The van der Waals surface area contributed by atoms with Crippen LogP contribution in [0.3, 0.4) is 0 Å². The Morgan fingerprint density at radius 3 is 2.62 bits per heavy atom. The number of carbonyl (C=O) groups is 2. The van der Waals surface area contributed by atoms with Crippen LogP contribution in [0.1, 0.15) is 70.2 Å². The molecular weight excluding hydrogens is 430 g/mol. The van der Waals surface area contributed by atoms with Crippen LogP contribution in [-0.4, -0.2) is 36.5 Å². The van der Waals surface area contributed by atoms with E-state index in [9.17, 15) is 19.7 Å². The molecule has 2 aliphatic rings. The summed E-state index contributed by atoms with van der Waals surface area (Å²) in [6.45, 7) is 3.61. The number of thiophene rings is 1. The fourth-order valence-corrected chi connectivity index (χ4v) is 5.75. The number of hydrogen-bond acceptors (Lipinski definition) is 7. The van der Waals surface area contributed by atoms with Gasteiger partial charge in [-0.1, -0.05) is 0 Å². The predicted octanol–water partition coefficient (Wildman–Crippen LogP) is 4.95. The Balaban J connectivity index is 1.71. The minimum Gasteiger partial charge on any atom is -0.462 e. The molecule has 0 atom stereocenters. The number of fused-ring (bicyclic) bond motifs is 1. The van der Waals surface area contributed by atoms with Crippen LogP contribution < -0.4 is 10.2 Å². The molecule has 0 bridgehead atoms. The van der Waals surface area contributed by atoms with Crippen molar-refractivity contribution in [1.82, 2.24) is 0 Å². The van der Waals surface area contributed by atoms with Gasteiger partial charge in [-0.3, -0.25) is 14.9 Å². The molecule has 1 aromatic carbocycles. The number of rotatable bonds is 6. The van der Waals surface area contributed by atoms with Gasteiger partial charge < -0.3 is 15.0 Å². The summed E-state index contributed by atoms with van der Waals surface area (Å²) in [5, 5.41) is 14.7. The number of nitrogens with one attached hydrogen (secondary N) is 1. The molecule has 1 aliphatic heterocycles. The molecule has 1 aliphatic carbocycles. The van der Waals surface area contributed by atoms with Gasteiger partial charge in [-0.2, -0.15) is 0 Å². The zero-order valence-electron chi connectivity index (χ0n) is 18.1. The second-order valence-electron chi connectivity index (χ2n) is 8.10. The van der Waals surface area contributed by atoms with E-state index < -0.39 is 16.8 Å². The lowest BCUT2D eigenvalue weighted by Gasteiger charge is -2.30. The van der Waals surface area contributed by atoms with Crippen LogP contribution in [0.15, 0.2) is 18.2 Å². The minimum atomic E-state index is -0.495. The Labute approximate surface area is 190 Å². The van der Waals surface area contributed by atoms with Crippen molar-refractivity contribution in [2.75, 3.05) is 29.9 Å². The SMILES string of the molecule is CCOC(=O)c1c(NC(=O)c2cc([N+](=O)[O-])ccc2N2CCCCC2)sc2c1CCCC2. The number of benzene rings is 1. The number of ether oxygens (including phenoxy) is 1. The Kier molecular flexibility index (Phi) is 6.74. The van der Waals surface area contributed by atoms with Crippen molar-refractivity contribution in [3.05, 3.63) is 49.9 Å². The van der Waals surface area contributed by atoms with Gasteiger partial charge in [0.15, 0.2) is 0 Å². The van der Waals surface area contributed by atoms with E-state index in [1.54, 1.807) is 13.0 Å². The highest BCUT2D eigenvalue weighted by atomic mass is 32.1. The molecule has 2 aromatic rings. The molecule has 1 fully saturated rings. The molecule has 1 N–H and O–H groups in total. The molecule has 0 unspecified atom stereocenters. The second kappa shape index (κ2) is 9.68. The van der Waals surface area contributed by atoms with Crippen molar-refractivity contribution in [2.24, 2.45) is 0 Å². The van der Waals surface area contributed by atoms with Crippen LogP contribution in [0.5, 0.6) is 0 Å². The van der Waals surface area contributed by atoms with E-state index >= 15 is 0 Å². The highest BCUT2D eigenvalue weighted by molar-refractivity contribution is 7.17. The number of non-ortho nitro benzene ring substituents is 1. The molecule has 0 spiro atoms. The summed E-state index contributed by atoms with van der Waals surface area (Å²) >= 11 is 1.41. The molecule has 1 saturated heterocycles. The zero-order valence-corrected chi connectivity index (χ0v) is 19.0. The van der Waals surface area contributed by atoms with Gasteiger partial charge in [-0.25, -0.2) is 4.79 Å². The zero-order chi connectivity index (χ0) is 22.7. The lowest BCUT2D eigenvalue weighted by Crippen LogP contribution is -2.31. The molecule has 9 heteroatoms. The van der Waals surface area contributed by atoms with Gasteiger partial charge in [0.05, 0.1) is 28.3 Å². The third-order valence-electron chi connectivity index (χ3n) is 6.01. The van der Waals surface area contributed by atoms with Crippen LogP contribution in [-0.2, 0) is 17.6 Å². The number of amides is 1. The Morgan fingerprint density at radius 2 is 1.91 bits per heavy atom. The molecule has 4 rings (SSSR count). The van der Waals surface area contributed by atoms with Crippen LogP contribution >= 0.6 is 11.3 Å². The first kappa shape index (κ1) is 22.3. The monoisotopic (exact) mass is 457 g/mol. The quantitative estimate of drug-likeness (QED) is 0.374. The molecule has 2 heterocycles. The number of esters is 1. The number of hydrogen-bond donors (Lipinski definition) is 1. The van der Waals surface area contributed by atoms with Gasteiger partial charge in [0.2, 0.25) is 0 Å². The summed E-state index contributed by atoms with van der Waals surface area (Å²) in [5.41, 5.74) is 2.20. The van der Waals surface area contributed by atoms with Crippen molar-refractivity contribution in [1.29, 1.82) is 0 Å². The Hall–Kier alpha value is -2.94. The predicted molar refractivity (Wildman–Crippen MR) is 124 cm³/mol. The number of nitro groups is 1. The molecule has 170 valence electrons. The first-order valence-electron chi connectivity index (χ1n) is 11.2. The van der Waals surface area contributed by atoms with Crippen LogP contribution in [0, 0.1) is 10.1 Å². The summed E-state index contributed by atoms with van der Waals surface area (Å²) in [6, 6.07) is 4.43. The summed E-state index contributed by atoms with van der Waals surface area (Å²) < 4.78 is 5.27. The number of nitro benzene ring substituents is 1. The first-order chi connectivity index (χ1) is 15.5. The highest BCUT2D eigenvalue weighted by Gasteiger charge is 2.29. The summed E-state index contributed by atoms with van der Waals surface area (Å²) in [7, 11) is 0. The summed E-state index contributed by atoms with van der Waals surface area (Å²) in [6.07, 6.45) is 6.87. The number of aryl methyl sites for hydroxylation is 1. The van der Waals surface area contributed by atoms with E-state index in [1.807, 2.05) is 0 Å². The first-order valence-corrected chi connectivity index (χ1v) is 12.0. The third-order valence-corrected chi connectivity index (χ3v) is 7.22. The second-order valence-corrected chi connectivity index (χ2v) is 9.20. The maximum absolute atomic E-state index is 13.4. The third kappa shape index (κ3) is 4.48. The minimum absolute atomic E-state index is 0.132. The fourth-order valence-electron chi connectivity index (χ4n) is 4.47. The smallest absolute Gasteiger partial charge is 0.341 e. The van der Waals surface area contributed by atoms with Crippen molar-refractivity contribution in [3.63, 3.8) is 0 Å². The molecule has 0 radical (unpaired) electrons. The summed E-state index contributed by atoms with van der Waals surface area (Å²) in [5.74, 6) is -0.879. The average molecular weight is 458 g/mol. The Morgan fingerprint density at radius 1 is 1.16 bits per heavy atom. The van der Waals surface area contributed by atoms with E-state index in [-0.39, 0.29) is 17.9 Å². The Bertz CT molecular complexity index is 1040. The van der Waals surface area contributed by atoms with Crippen molar-refractivity contribution in [3.8, 4) is 0 Å². The van der Waals surface area contributed by atoms with E-state index in [2.05, 4.69) is 10.2 Å². The average Bonchev–Trinajstić information content (AvgIpc) is 3.17. The van der Waals surface area contributed by atoms with Crippen LogP contribution in [0.4, 0.5) is 16.4 Å². The summed E-state index contributed by atoms with van der Waals surface area (Å²) in [4.78, 5) is 40.2. The lowest BCUT2D eigenvalue weighted by molar-refractivity contribution is -0.384. The van der Waals surface area contributed by atoms with Crippen LogP contribution in [0.25, 0.3) is 0 Å². The fraction of sp³-hybridized carbons (Fsp3) is 0.478. The number of nitrogens with zero attached hydrogens (tertiary/aromatic N) is 2. The lowest BCUT2D eigenvalue weighted by atomic mass is 9.95. The number of carbonyl (C=O) groups excluding carboxylic acids is 2.